The van der Waals surface area contributed by atoms with E-state index in [2.05, 4.69) is 10.1 Å². The number of rotatable bonds is 14. The fraction of sp³-hybridized carbons (Fsp3) is 0.515. The molecule has 13 nitrogen and oxygen atoms in total. The van der Waals surface area contributed by atoms with Crippen molar-refractivity contribution in [2.45, 2.75) is 69.5 Å². The molecular weight excluding hydrogens is 630 g/mol. The molecule has 1 aromatic heterocycles. The van der Waals surface area contributed by atoms with Crippen molar-refractivity contribution in [3.8, 4) is 0 Å². The Morgan fingerprint density at radius 3 is 2.85 bits per heavy atom. The van der Waals surface area contributed by atoms with Crippen LogP contribution in [0.1, 0.15) is 53.3 Å². The van der Waals surface area contributed by atoms with Crippen molar-refractivity contribution in [3.05, 3.63) is 65.8 Å². The molecule has 2 aliphatic rings. The van der Waals surface area contributed by atoms with Crippen LogP contribution in [0.4, 0.5) is 9.59 Å². The number of nitrogens with zero attached hydrogens (tertiary/aromatic N) is 1. The van der Waals surface area contributed by atoms with Crippen LogP contribution in [-0.4, -0.2) is 87.4 Å². The maximum Gasteiger partial charge on any atom is 0.407 e. The highest BCUT2D eigenvalue weighted by Crippen LogP contribution is 2.33. The Hall–Kier alpha value is -3.69. The number of carbonyl (C=O) groups excluding carboxylic acids is 2. The molecule has 14 heteroatoms. The van der Waals surface area contributed by atoms with Gasteiger partial charge in [-0.2, -0.15) is 4.31 Å². The maximum atomic E-state index is 14.9. The van der Waals surface area contributed by atoms with Crippen LogP contribution < -0.4 is 10.6 Å². The Morgan fingerprint density at radius 2 is 2.09 bits per heavy atom. The van der Waals surface area contributed by atoms with Gasteiger partial charge in [0.2, 0.25) is 10.0 Å². The van der Waals surface area contributed by atoms with Gasteiger partial charge in [0.05, 0.1) is 55.9 Å². The van der Waals surface area contributed by atoms with Crippen LogP contribution in [-0.2, 0) is 41.9 Å². The second kappa shape index (κ2) is 15.5. The average Bonchev–Trinajstić information content (AvgIpc) is 3.88. The van der Waals surface area contributed by atoms with Gasteiger partial charge in [0.25, 0.3) is 0 Å². The Kier molecular flexibility index (Phi) is 7.26. The fourth-order valence-corrected chi connectivity index (χ4v) is 6.32. The summed E-state index contributed by atoms with van der Waals surface area (Å²) < 4.78 is 158. The summed E-state index contributed by atoms with van der Waals surface area (Å²) in [6.07, 6.45) is -6.94. The lowest BCUT2D eigenvalue weighted by atomic mass is 10.0. The SMILES string of the molecule is [2H]c1oc2c([2H])c([2H])c(S(=O)(=O)N(C[C@@H](O)[C@H](Cc3ccccc3)NC(=O)O[C@H]3CO[C@H]4OCC[C@H]43)C([2H])([2H])C([2H])(C)C([2H])[2H])c([2H])c2c1C([2H])([2H])N([2H])C(=O)OCC. The number of aliphatic hydroxyl groups excluding tert-OH is 1. The summed E-state index contributed by atoms with van der Waals surface area (Å²) >= 11 is 0. The van der Waals surface area contributed by atoms with E-state index in [1.54, 1.807) is 30.3 Å². The molecule has 0 aliphatic carbocycles. The molecule has 2 amide bonds. The highest BCUT2D eigenvalue weighted by atomic mass is 32.2. The van der Waals surface area contributed by atoms with Gasteiger partial charge in [-0.15, -0.1) is 0 Å². The van der Waals surface area contributed by atoms with Gasteiger partial charge in [0, 0.05) is 37.3 Å². The van der Waals surface area contributed by atoms with Crippen molar-refractivity contribution in [1.82, 2.24) is 14.9 Å². The number of benzene rings is 2. The largest absolute Gasteiger partial charge is 0.464 e. The Balaban J connectivity index is 1.63. The van der Waals surface area contributed by atoms with E-state index in [-0.39, 0.29) is 35.2 Å². The van der Waals surface area contributed by atoms with Gasteiger partial charge in [-0.25, -0.2) is 18.0 Å². The van der Waals surface area contributed by atoms with E-state index in [4.69, 9.17) is 35.1 Å². The molecular formula is C33H43N3O10S. The molecule has 0 radical (unpaired) electrons. The number of sulfonamides is 1. The van der Waals surface area contributed by atoms with E-state index in [0.717, 1.165) is 6.92 Å². The quantitative estimate of drug-likeness (QED) is 0.227. The third-order valence-electron chi connectivity index (χ3n) is 7.30. The molecule has 5 rings (SSSR count). The van der Waals surface area contributed by atoms with E-state index >= 15 is 0 Å². The summed E-state index contributed by atoms with van der Waals surface area (Å²) in [6, 6.07) is 2.86. The van der Waals surface area contributed by atoms with Crippen molar-refractivity contribution in [1.29, 1.82) is 0 Å². The van der Waals surface area contributed by atoms with Gasteiger partial charge in [-0.1, -0.05) is 44.1 Å². The molecule has 47 heavy (non-hydrogen) atoms. The number of hydrogen-bond donors (Lipinski definition) is 3. The van der Waals surface area contributed by atoms with Gasteiger partial charge in [0.1, 0.15) is 13.1 Å². The van der Waals surface area contributed by atoms with Crippen molar-refractivity contribution < 1.29 is 63.0 Å². The first-order valence-corrected chi connectivity index (χ1v) is 16.1. The number of alkyl carbamates (subject to hydrolysis) is 2. The van der Waals surface area contributed by atoms with Gasteiger partial charge in [-0.3, -0.25) is 0 Å². The number of hydrogen-bond acceptors (Lipinski definition) is 10. The smallest absolute Gasteiger partial charge is 0.407 e. The zero-order chi connectivity index (χ0) is 44.0. The number of aliphatic hydroxyl groups is 1. The molecule has 3 N–H and O–H groups in total. The summed E-state index contributed by atoms with van der Waals surface area (Å²) in [5.74, 6) is -3.27. The predicted molar refractivity (Wildman–Crippen MR) is 171 cm³/mol. The highest BCUT2D eigenvalue weighted by Gasteiger charge is 2.44. The van der Waals surface area contributed by atoms with Crippen LogP contribution in [0.3, 0.4) is 0 Å². The third kappa shape index (κ3) is 8.62. The van der Waals surface area contributed by atoms with Crippen LogP contribution in [0.5, 0.6) is 0 Å². The summed E-state index contributed by atoms with van der Waals surface area (Å²) in [5.41, 5.74) is -1.47. The molecule has 1 unspecified atom stereocenters. The van der Waals surface area contributed by atoms with Gasteiger partial charge in [0.15, 0.2) is 7.70 Å². The van der Waals surface area contributed by atoms with E-state index in [1.807, 2.05) is 0 Å². The first-order valence-electron chi connectivity index (χ1n) is 20.8. The zero-order valence-corrected chi connectivity index (χ0v) is 26.3. The Labute approximate surface area is 291 Å². The maximum absolute atomic E-state index is 14.9. The molecule has 3 aromatic rings. The summed E-state index contributed by atoms with van der Waals surface area (Å²) in [6.45, 7) is -8.71. The van der Waals surface area contributed by atoms with Crippen molar-refractivity contribution >= 4 is 33.2 Å². The van der Waals surface area contributed by atoms with E-state index < -0.39 is 125 Å². The standard InChI is InChI=1S/C33H43N3O10S/c1-4-42-32(38)34-16-23-19-44-29-11-10-24(15-26(23)29)47(40,41)36(17-21(2)3)18-28(37)27(14-22-8-6-5-7-9-22)35-33(39)46-30-20-45-31-25(30)12-13-43-31/h5-11,15,19,21,25,27-28,30-31,37H,4,12-14,16-18,20H2,1-3H3,(H,34,38)(H,35,39)/t25-,27-,28+,30-,31+/m0/s1/i2D2,10D,11D,15D,16D2,17D2,19D,21D/hD/t21?,25-,27-,28+,30-,31+. The molecule has 0 bridgehead atoms. The van der Waals surface area contributed by atoms with Crippen LogP contribution in [0.25, 0.3) is 11.0 Å². The second-order valence-corrected chi connectivity index (χ2v) is 12.5. The molecule has 2 saturated heterocycles. The summed E-state index contributed by atoms with van der Waals surface area (Å²) in [4.78, 5) is 24.2. The lowest BCUT2D eigenvalue weighted by Crippen LogP contribution is -2.51. The Bertz CT molecular complexity index is 2150. The molecule has 0 spiro atoms. The minimum absolute atomic E-state index is 0.00191. The minimum atomic E-state index is -5.84. The molecule has 2 aliphatic heterocycles. The zero-order valence-electron chi connectivity index (χ0n) is 37.5. The fourth-order valence-electron chi connectivity index (χ4n) is 5.08. The second-order valence-electron chi connectivity index (χ2n) is 10.7. The van der Waals surface area contributed by atoms with Crippen LogP contribution in [0.15, 0.2) is 64.0 Å². The van der Waals surface area contributed by atoms with Crippen molar-refractivity contribution in [3.63, 3.8) is 0 Å². The number of carbonyl (C=O) groups is 2. The van der Waals surface area contributed by atoms with Crippen LogP contribution >= 0.6 is 0 Å². The van der Waals surface area contributed by atoms with Gasteiger partial charge >= 0.3 is 12.2 Å². The topological polar surface area (TPSA) is 166 Å². The molecule has 2 aromatic carbocycles. The third-order valence-corrected chi connectivity index (χ3v) is 8.84. The summed E-state index contributed by atoms with van der Waals surface area (Å²) in [5, 5.41) is 13.0. The number of ether oxygens (including phenoxy) is 4. The monoisotopic (exact) mass is 685 g/mol. The summed E-state index contributed by atoms with van der Waals surface area (Å²) in [7, 11) is -5.84. The average molecular weight is 686 g/mol. The van der Waals surface area contributed by atoms with E-state index in [9.17, 15) is 23.1 Å². The molecule has 0 saturated carbocycles. The highest BCUT2D eigenvalue weighted by molar-refractivity contribution is 7.89. The first-order chi connectivity index (χ1) is 27.4. The number of furan rings is 1. The van der Waals surface area contributed by atoms with E-state index in [1.165, 1.54) is 6.92 Å². The minimum Gasteiger partial charge on any atom is -0.464 e. The lowest BCUT2D eigenvalue weighted by Gasteiger charge is -2.31. The molecule has 2 fully saturated rings. The lowest BCUT2D eigenvalue weighted by molar-refractivity contribution is -0.0907. The van der Waals surface area contributed by atoms with Gasteiger partial charge in [-0.05, 0) is 49.4 Å². The van der Waals surface area contributed by atoms with Crippen LogP contribution in [0, 0.1) is 11.8 Å². The number of amides is 2. The van der Waals surface area contributed by atoms with Crippen molar-refractivity contribution in [2.75, 3.05) is 32.9 Å². The molecule has 6 atom stereocenters. The number of fused-ring (bicyclic) bond motifs is 2. The number of nitrogens with one attached hydrogen (secondary N) is 2. The first kappa shape index (κ1) is 22.0. The van der Waals surface area contributed by atoms with Crippen LogP contribution in [0.2, 0.25) is 1.41 Å². The molecule has 256 valence electrons. The van der Waals surface area contributed by atoms with Gasteiger partial charge < -0.3 is 39.1 Å². The molecule has 3 heterocycles. The van der Waals surface area contributed by atoms with E-state index in [0.29, 0.717) is 18.6 Å². The van der Waals surface area contributed by atoms with Crippen molar-refractivity contribution in [2.24, 2.45) is 11.8 Å². The predicted octanol–water partition coefficient (Wildman–Crippen LogP) is 3.79. The Morgan fingerprint density at radius 1 is 1.28 bits per heavy atom. The normalized spacial score (nSPS) is 26.3.